The normalized spacial score (nSPS) is 24.3. The highest BCUT2D eigenvalue weighted by Gasteiger charge is 2.42. The zero-order valence-corrected chi connectivity index (χ0v) is 21.4. The van der Waals surface area contributed by atoms with Gasteiger partial charge in [0.25, 0.3) is 0 Å². The average Bonchev–Trinajstić information content (AvgIpc) is 3.31. The minimum atomic E-state index is -0.508. The van der Waals surface area contributed by atoms with Gasteiger partial charge in [0, 0.05) is 44.6 Å². The lowest BCUT2D eigenvalue weighted by atomic mass is 9.95. The largest absolute Gasteiger partial charge is 0.453 e. The molecule has 0 radical (unpaired) electrons. The van der Waals surface area contributed by atoms with Gasteiger partial charge in [0.15, 0.2) is 0 Å². The molecule has 3 aliphatic rings. The average molecular weight is 498 g/mol. The summed E-state index contributed by atoms with van der Waals surface area (Å²) in [6.45, 7) is 5.95. The predicted molar refractivity (Wildman–Crippen MR) is 133 cm³/mol. The van der Waals surface area contributed by atoms with Gasteiger partial charge in [-0.2, -0.15) is 0 Å². The number of nitrogens with zero attached hydrogens (tertiary/aromatic N) is 4. The van der Waals surface area contributed by atoms with Crippen LogP contribution in [-0.4, -0.2) is 63.6 Å². The number of ether oxygens (including phenoxy) is 1. The lowest BCUT2D eigenvalue weighted by Crippen LogP contribution is -2.45. The fraction of sp³-hybridized carbons (Fsp3) is 0.593. The minimum Gasteiger partial charge on any atom is -0.453 e. The summed E-state index contributed by atoms with van der Waals surface area (Å²) in [5, 5.41) is 2.89. The number of amides is 2. The summed E-state index contributed by atoms with van der Waals surface area (Å²) in [6.07, 6.45) is 5.42. The summed E-state index contributed by atoms with van der Waals surface area (Å²) >= 11 is 0. The van der Waals surface area contributed by atoms with E-state index in [2.05, 4.69) is 21.7 Å². The highest BCUT2D eigenvalue weighted by molar-refractivity contribution is 5.73. The second-order valence-corrected chi connectivity index (χ2v) is 10.4. The Balaban J connectivity index is 1.29. The molecule has 1 aromatic carbocycles. The molecule has 194 valence electrons. The number of hydrogen-bond acceptors (Lipinski definition) is 5. The van der Waals surface area contributed by atoms with Crippen LogP contribution in [-0.2, 0) is 22.5 Å². The molecule has 2 fully saturated rings. The Morgan fingerprint density at radius 1 is 1.22 bits per heavy atom. The number of carbonyl (C=O) groups excluding carboxylic acids is 2. The first-order valence-corrected chi connectivity index (χ1v) is 13.0. The fourth-order valence-electron chi connectivity index (χ4n) is 6.62. The van der Waals surface area contributed by atoms with Crippen molar-refractivity contribution >= 4 is 12.0 Å². The summed E-state index contributed by atoms with van der Waals surface area (Å²) in [7, 11) is 1.34. The summed E-state index contributed by atoms with van der Waals surface area (Å²) in [5.74, 6) is 0.860. The van der Waals surface area contributed by atoms with E-state index in [-0.39, 0.29) is 17.8 Å². The van der Waals surface area contributed by atoms with Crippen molar-refractivity contribution in [3.8, 4) is 0 Å². The molecule has 3 aliphatic heterocycles. The molecule has 2 saturated heterocycles. The molecule has 2 aromatic rings. The zero-order chi connectivity index (χ0) is 25.4. The second-order valence-electron chi connectivity index (χ2n) is 10.4. The van der Waals surface area contributed by atoms with E-state index in [1.165, 1.54) is 24.9 Å². The van der Waals surface area contributed by atoms with Gasteiger partial charge in [-0.25, -0.2) is 14.2 Å². The van der Waals surface area contributed by atoms with Gasteiger partial charge in [0.2, 0.25) is 5.91 Å². The molecule has 1 aromatic heterocycles. The molecule has 0 aliphatic carbocycles. The van der Waals surface area contributed by atoms with Gasteiger partial charge in [-0.05, 0) is 56.7 Å². The quantitative estimate of drug-likeness (QED) is 0.655. The van der Waals surface area contributed by atoms with E-state index < -0.39 is 6.09 Å². The molecule has 2 bridgehead atoms. The van der Waals surface area contributed by atoms with Crippen LogP contribution in [0.2, 0.25) is 0 Å². The van der Waals surface area contributed by atoms with Crippen LogP contribution in [0.1, 0.15) is 73.9 Å². The van der Waals surface area contributed by atoms with Crippen molar-refractivity contribution in [2.24, 2.45) is 0 Å². The lowest BCUT2D eigenvalue weighted by Gasteiger charge is -2.41. The molecule has 0 saturated carbocycles. The molecular weight excluding hydrogens is 461 g/mol. The third kappa shape index (κ3) is 4.85. The van der Waals surface area contributed by atoms with Crippen molar-refractivity contribution in [3.05, 3.63) is 52.9 Å². The number of aromatic nitrogens is 2. The van der Waals surface area contributed by atoms with Crippen LogP contribution in [0.3, 0.4) is 0 Å². The molecular formula is C27H36FN5O3. The number of halogens is 1. The smallest absolute Gasteiger partial charge is 0.407 e. The molecule has 1 N–H and O–H groups in total. The maximum Gasteiger partial charge on any atom is 0.407 e. The highest BCUT2D eigenvalue weighted by atomic mass is 19.1. The molecule has 36 heavy (non-hydrogen) atoms. The molecule has 0 spiro atoms. The number of piperidine rings is 1. The van der Waals surface area contributed by atoms with Crippen LogP contribution < -0.4 is 5.32 Å². The highest BCUT2D eigenvalue weighted by Crippen LogP contribution is 2.43. The van der Waals surface area contributed by atoms with E-state index in [4.69, 9.17) is 9.72 Å². The van der Waals surface area contributed by atoms with Crippen LogP contribution >= 0.6 is 0 Å². The maximum absolute atomic E-state index is 13.9. The fourth-order valence-corrected chi connectivity index (χ4v) is 6.62. The number of fused-ring (bicyclic) bond motifs is 3. The number of hydrogen-bond donors (Lipinski definition) is 1. The van der Waals surface area contributed by atoms with Gasteiger partial charge in [-0.1, -0.05) is 12.1 Å². The van der Waals surface area contributed by atoms with Gasteiger partial charge < -0.3 is 19.5 Å². The van der Waals surface area contributed by atoms with E-state index in [0.29, 0.717) is 31.1 Å². The van der Waals surface area contributed by atoms with Crippen LogP contribution in [0.25, 0.3) is 0 Å². The van der Waals surface area contributed by atoms with Gasteiger partial charge >= 0.3 is 6.09 Å². The Kier molecular flexibility index (Phi) is 7.01. The Labute approximate surface area is 211 Å². The van der Waals surface area contributed by atoms with Gasteiger partial charge in [0.1, 0.15) is 11.6 Å². The molecule has 5 rings (SSSR count). The number of nitrogens with one attached hydrogen (secondary N) is 1. The SMILES string of the molecule is COC(=O)N[C@@H](CCN1[C@@H]2CC[C@H]1CC(n1c(C)nc3c1CN(C(C)=O)CC3)C2)c1cccc(F)c1. The van der Waals surface area contributed by atoms with E-state index >= 15 is 0 Å². The summed E-state index contributed by atoms with van der Waals surface area (Å²) in [5.41, 5.74) is 3.10. The van der Waals surface area contributed by atoms with Crippen molar-refractivity contribution in [1.29, 1.82) is 0 Å². The summed E-state index contributed by atoms with van der Waals surface area (Å²) < 4.78 is 21.1. The number of carbonyl (C=O) groups is 2. The Morgan fingerprint density at radius 2 is 1.97 bits per heavy atom. The van der Waals surface area contributed by atoms with Crippen LogP contribution in [0.4, 0.5) is 9.18 Å². The Morgan fingerprint density at radius 3 is 2.64 bits per heavy atom. The second kappa shape index (κ2) is 10.2. The van der Waals surface area contributed by atoms with E-state index in [9.17, 15) is 14.0 Å². The third-order valence-corrected chi connectivity index (χ3v) is 8.30. The first kappa shape index (κ1) is 24.7. The van der Waals surface area contributed by atoms with Gasteiger partial charge in [-0.3, -0.25) is 9.69 Å². The number of aryl methyl sites for hydroxylation is 1. The number of benzene rings is 1. The molecule has 9 heteroatoms. The van der Waals surface area contributed by atoms with Crippen molar-refractivity contribution in [2.45, 2.75) is 83.1 Å². The van der Waals surface area contributed by atoms with E-state index in [1.54, 1.807) is 13.0 Å². The van der Waals surface area contributed by atoms with Crippen LogP contribution in [0.5, 0.6) is 0 Å². The van der Waals surface area contributed by atoms with E-state index in [0.717, 1.165) is 62.3 Å². The molecule has 1 unspecified atom stereocenters. The predicted octanol–water partition coefficient (Wildman–Crippen LogP) is 3.89. The van der Waals surface area contributed by atoms with Crippen molar-refractivity contribution in [3.63, 3.8) is 0 Å². The summed E-state index contributed by atoms with van der Waals surface area (Å²) in [6, 6.07) is 7.41. The molecule has 2 amide bonds. The molecule has 4 atom stereocenters. The number of rotatable bonds is 6. The Bertz CT molecular complexity index is 1120. The maximum atomic E-state index is 13.9. The van der Waals surface area contributed by atoms with Crippen LogP contribution in [0.15, 0.2) is 24.3 Å². The van der Waals surface area contributed by atoms with E-state index in [1.807, 2.05) is 11.0 Å². The number of alkyl carbamates (subject to hydrolysis) is 1. The lowest BCUT2D eigenvalue weighted by molar-refractivity contribution is -0.129. The van der Waals surface area contributed by atoms with Gasteiger partial charge in [-0.15, -0.1) is 0 Å². The Hall–Kier alpha value is -2.94. The standard InChI is InChI=1S/C27H36FN5O3/c1-17-29-25-9-11-31(18(2)34)16-26(25)33(17)23-14-21-7-8-22(15-23)32(21)12-10-24(30-27(35)36-3)19-5-4-6-20(28)13-19/h4-6,13,21-24H,7-12,14-16H2,1-3H3,(H,30,35)/t21-,22+,23?,24-/m0/s1. The van der Waals surface area contributed by atoms with Crippen molar-refractivity contribution in [1.82, 2.24) is 24.7 Å². The first-order valence-electron chi connectivity index (χ1n) is 13.0. The van der Waals surface area contributed by atoms with Crippen molar-refractivity contribution < 1.29 is 18.7 Å². The van der Waals surface area contributed by atoms with Crippen molar-refractivity contribution in [2.75, 3.05) is 20.2 Å². The molecule has 8 nitrogen and oxygen atoms in total. The third-order valence-electron chi connectivity index (χ3n) is 8.30. The number of methoxy groups -OCH3 is 1. The number of imidazole rings is 1. The first-order chi connectivity index (χ1) is 17.3. The van der Waals surface area contributed by atoms with Gasteiger partial charge in [0.05, 0.1) is 31.1 Å². The summed E-state index contributed by atoms with van der Waals surface area (Å²) in [4.78, 5) is 33.4. The topological polar surface area (TPSA) is 79.7 Å². The molecule has 4 heterocycles. The monoisotopic (exact) mass is 497 g/mol. The minimum absolute atomic E-state index is 0.120. The zero-order valence-electron chi connectivity index (χ0n) is 21.4. The van der Waals surface area contributed by atoms with Crippen LogP contribution in [0, 0.1) is 12.7 Å².